The molecule has 0 bridgehead atoms. The molecule has 2 aliphatic rings. The van der Waals surface area contributed by atoms with E-state index in [0.29, 0.717) is 0 Å². The van der Waals surface area contributed by atoms with Gasteiger partial charge in [0.2, 0.25) is 0 Å². The number of unbranched alkanes of at least 4 members (excludes halogenated alkanes) is 7. The molecule has 0 radical (unpaired) electrons. The fraction of sp³-hybridized carbons (Fsp3) is 0.900. The lowest BCUT2D eigenvalue weighted by molar-refractivity contribution is 0.539. The normalized spacial score (nSPS) is 16.9. The molecule has 0 aromatic carbocycles. The van der Waals surface area contributed by atoms with Crippen LogP contribution in [-0.2, 0) is 0 Å². The Balaban J connectivity index is 1.26. The highest BCUT2D eigenvalue weighted by molar-refractivity contribution is 8.84. The molecule has 2 rings (SSSR count). The van der Waals surface area contributed by atoms with E-state index in [1.54, 1.807) is 0 Å². The largest absolute Gasteiger partial charge is 0.357 e. The molecule has 0 atom stereocenters. The van der Waals surface area contributed by atoms with E-state index in [9.17, 15) is 0 Å². The minimum Gasteiger partial charge on any atom is -0.357 e. The third-order valence-electron chi connectivity index (χ3n) is 5.19. The van der Waals surface area contributed by atoms with Gasteiger partial charge < -0.3 is 9.80 Å². The first-order chi connectivity index (χ1) is 13.8. The Morgan fingerprint density at radius 1 is 0.536 bits per heavy atom. The van der Waals surface area contributed by atoms with Crippen LogP contribution >= 0.6 is 67.6 Å². The van der Waals surface area contributed by atoms with Crippen molar-refractivity contribution < 1.29 is 0 Å². The lowest BCUT2D eigenvalue weighted by Gasteiger charge is -2.16. The second-order valence-corrected chi connectivity index (χ2v) is 13.7. The van der Waals surface area contributed by atoms with Crippen LogP contribution in [0.25, 0.3) is 0 Å². The summed E-state index contributed by atoms with van der Waals surface area (Å²) < 4.78 is 2.22. The fourth-order valence-electron chi connectivity index (χ4n) is 3.47. The van der Waals surface area contributed by atoms with Gasteiger partial charge in [-0.1, -0.05) is 84.5 Å². The van der Waals surface area contributed by atoms with Gasteiger partial charge in [0.25, 0.3) is 0 Å². The molecular formula is C20H36N2S6. The first kappa shape index (κ1) is 25.4. The average molecular weight is 497 g/mol. The Labute approximate surface area is 199 Å². The molecule has 0 aliphatic carbocycles. The zero-order valence-electron chi connectivity index (χ0n) is 17.1. The van der Waals surface area contributed by atoms with Gasteiger partial charge >= 0.3 is 0 Å². The summed E-state index contributed by atoms with van der Waals surface area (Å²) in [7, 11) is 7.56. The van der Waals surface area contributed by atoms with Gasteiger partial charge in [-0.25, -0.2) is 0 Å². The highest BCUT2D eigenvalue weighted by Crippen LogP contribution is 2.29. The van der Waals surface area contributed by atoms with Crippen LogP contribution in [0.2, 0.25) is 0 Å². The summed E-state index contributed by atoms with van der Waals surface area (Å²) in [4.78, 5) is 4.73. The molecule has 2 heterocycles. The molecule has 28 heavy (non-hydrogen) atoms. The molecule has 2 saturated heterocycles. The van der Waals surface area contributed by atoms with Crippen LogP contribution < -0.4 is 0 Å². The third kappa shape index (κ3) is 11.5. The van der Waals surface area contributed by atoms with Crippen molar-refractivity contribution in [2.24, 2.45) is 0 Å². The Morgan fingerprint density at radius 3 is 1.21 bits per heavy atom. The van der Waals surface area contributed by atoms with E-state index >= 15 is 0 Å². The van der Waals surface area contributed by atoms with Crippen molar-refractivity contribution in [1.29, 1.82) is 0 Å². The van der Waals surface area contributed by atoms with Crippen molar-refractivity contribution in [3.63, 3.8) is 0 Å². The summed E-state index contributed by atoms with van der Waals surface area (Å²) in [6.07, 6.45) is 16.3. The first-order valence-electron chi connectivity index (χ1n) is 10.9. The van der Waals surface area contributed by atoms with Crippen molar-refractivity contribution in [1.82, 2.24) is 9.80 Å². The van der Waals surface area contributed by atoms with Crippen LogP contribution in [0, 0.1) is 0 Å². The van der Waals surface area contributed by atoms with Gasteiger partial charge in [0, 0.05) is 37.7 Å². The first-order valence-corrected chi connectivity index (χ1v) is 16.4. The summed E-state index contributed by atoms with van der Waals surface area (Å²) >= 11 is 11.0. The maximum Gasteiger partial charge on any atom is 0.147 e. The zero-order valence-corrected chi connectivity index (χ0v) is 22.0. The summed E-state index contributed by atoms with van der Waals surface area (Å²) in [5, 5.41) is 0. The Morgan fingerprint density at radius 2 is 0.857 bits per heavy atom. The molecule has 2 aliphatic heterocycles. The summed E-state index contributed by atoms with van der Waals surface area (Å²) in [5.74, 6) is 2.49. The van der Waals surface area contributed by atoms with E-state index in [1.807, 2.05) is 43.2 Å². The van der Waals surface area contributed by atoms with Gasteiger partial charge in [0.15, 0.2) is 0 Å². The smallest absolute Gasteiger partial charge is 0.147 e. The maximum atomic E-state index is 5.49. The number of rotatable bonds is 13. The van der Waals surface area contributed by atoms with E-state index in [4.69, 9.17) is 24.4 Å². The number of likely N-dealkylation sites (tertiary alicyclic amines) is 2. The molecular weight excluding hydrogens is 461 g/mol. The van der Waals surface area contributed by atoms with Crippen molar-refractivity contribution in [3.8, 4) is 0 Å². The van der Waals surface area contributed by atoms with Crippen molar-refractivity contribution in [3.05, 3.63) is 0 Å². The Hall–Kier alpha value is 1.18. The molecule has 0 aromatic rings. The lowest BCUT2D eigenvalue weighted by Crippen LogP contribution is -2.22. The molecule has 0 unspecified atom stereocenters. The van der Waals surface area contributed by atoms with Crippen molar-refractivity contribution in [2.45, 2.75) is 77.0 Å². The van der Waals surface area contributed by atoms with Gasteiger partial charge in [-0.3, -0.25) is 0 Å². The fourth-order valence-corrected chi connectivity index (χ4v) is 8.74. The Kier molecular flexibility index (Phi) is 15.3. The maximum absolute atomic E-state index is 5.49. The molecule has 0 N–H and O–H groups in total. The highest BCUT2D eigenvalue weighted by atomic mass is 33.1. The molecule has 162 valence electrons. The highest BCUT2D eigenvalue weighted by Gasteiger charge is 2.15. The second-order valence-electron chi connectivity index (χ2n) is 7.56. The van der Waals surface area contributed by atoms with Crippen LogP contribution in [0.3, 0.4) is 0 Å². The number of hydrogen-bond donors (Lipinski definition) is 0. The van der Waals surface area contributed by atoms with E-state index < -0.39 is 0 Å². The van der Waals surface area contributed by atoms with Crippen molar-refractivity contribution in [2.75, 3.05) is 37.7 Å². The minimum atomic E-state index is 1.11. The standard InChI is InChI=1S/C20H36N2S6/c23-19(21-13-7-8-14-21)27-25-17-11-5-3-1-2-4-6-12-18-26-28-20(24)22-15-9-10-16-22/h1-18H2. The average Bonchev–Trinajstić information content (AvgIpc) is 3.41. The van der Waals surface area contributed by atoms with Crippen LogP contribution in [0.1, 0.15) is 77.0 Å². The summed E-state index contributed by atoms with van der Waals surface area (Å²) in [6, 6.07) is 0. The van der Waals surface area contributed by atoms with E-state index in [2.05, 4.69) is 9.80 Å². The minimum absolute atomic E-state index is 1.11. The van der Waals surface area contributed by atoms with Gasteiger partial charge in [0.05, 0.1) is 0 Å². The van der Waals surface area contributed by atoms with Gasteiger partial charge in [-0.2, -0.15) is 0 Å². The SMILES string of the molecule is S=C(SSCCCCCCCCCCSSC(=S)N1CCCC1)N1CCCC1. The molecule has 0 amide bonds. The van der Waals surface area contributed by atoms with E-state index in [0.717, 1.165) is 8.64 Å². The van der Waals surface area contributed by atoms with Crippen LogP contribution in [-0.4, -0.2) is 56.1 Å². The molecule has 8 heteroatoms. The zero-order chi connectivity index (χ0) is 19.9. The van der Waals surface area contributed by atoms with Crippen LogP contribution in [0.4, 0.5) is 0 Å². The predicted molar refractivity (Wildman–Crippen MR) is 144 cm³/mol. The Bertz CT molecular complexity index is 396. The molecule has 2 nitrogen and oxygen atoms in total. The number of hydrogen-bond acceptors (Lipinski definition) is 6. The lowest BCUT2D eigenvalue weighted by atomic mass is 10.1. The predicted octanol–water partition coefficient (Wildman–Crippen LogP) is 7.63. The molecule has 0 saturated carbocycles. The molecule has 2 fully saturated rings. The van der Waals surface area contributed by atoms with Crippen molar-refractivity contribution >= 4 is 76.3 Å². The van der Waals surface area contributed by atoms with Gasteiger partial charge in [0.1, 0.15) is 8.64 Å². The molecule has 0 spiro atoms. The summed E-state index contributed by atoms with van der Waals surface area (Å²) in [5.41, 5.74) is 0. The van der Waals surface area contributed by atoms with Gasteiger partial charge in [-0.15, -0.1) is 0 Å². The second kappa shape index (κ2) is 16.8. The van der Waals surface area contributed by atoms with E-state index in [-0.39, 0.29) is 0 Å². The summed E-state index contributed by atoms with van der Waals surface area (Å²) in [6.45, 7) is 4.71. The van der Waals surface area contributed by atoms with Crippen LogP contribution in [0.15, 0.2) is 0 Å². The van der Waals surface area contributed by atoms with Gasteiger partial charge in [-0.05, 0) is 60.1 Å². The van der Waals surface area contributed by atoms with E-state index in [1.165, 1.54) is 115 Å². The topological polar surface area (TPSA) is 6.48 Å². The number of nitrogens with zero attached hydrogens (tertiary/aromatic N) is 2. The third-order valence-corrected chi connectivity index (χ3v) is 11.4. The number of thiocarbonyl (C=S) groups is 2. The monoisotopic (exact) mass is 496 g/mol. The quantitative estimate of drug-likeness (QED) is 0.144. The van der Waals surface area contributed by atoms with Crippen LogP contribution in [0.5, 0.6) is 0 Å². The molecule has 0 aromatic heterocycles.